The molecule has 0 aromatic heterocycles. The Labute approximate surface area is 121 Å². The van der Waals surface area contributed by atoms with Gasteiger partial charge in [-0.15, -0.1) is 0 Å². The Morgan fingerprint density at radius 1 is 1.15 bits per heavy atom. The maximum Gasteiger partial charge on any atom is 0.175 e. The topological polar surface area (TPSA) is 57.6 Å². The highest BCUT2D eigenvalue weighted by molar-refractivity contribution is 7.90. The van der Waals surface area contributed by atoms with Gasteiger partial charge in [0.2, 0.25) is 0 Å². The van der Waals surface area contributed by atoms with E-state index in [0.29, 0.717) is 11.3 Å². The van der Waals surface area contributed by atoms with Crippen LogP contribution in [0.4, 0.5) is 0 Å². The maximum atomic E-state index is 11.4. The average Bonchev–Trinajstić information content (AvgIpc) is 2.45. The second-order valence-electron chi connectivity index (χ2n) is 5.55. The minimum atomic E-state index is -3.16. The van der Waals surface area contributed by atoms with Gasteiger partial charge in [-0.1, -0.05) is 18.6 Å². The normalized spacial score (nSPS) is 18.9. The monoisotopic (exact) mass is 297 g/mol. The summed E-state index contributed by atoms with van der Waals surface area (Å²) < 4.78 is 22.8. The number of aliphatic hydroxyl groups is 1. The van der Waals surface area contributed by atoms with Gasteiger partial charge in [0.05, 0.1) is 11.0 Å². The van der Waals surface area contributed by atoms with Crippen LogP contribution in [0.3, 0.4) is 0 Å². The molecule has 1 N–H and O–H groups in total. The standard InChI is InChI=1S/C15H23NO3S/c1-20(18,19)14-7-5-13(6-8-14)15(17)9-12-16-10-3-2-4-11-16/h5-8,15,17H,2-4,9-12H2,1H3. The summed E-state index contributed by atoms with van der Waals surface area (Å²) in [6.07, 6.45) is 5.17. The molecular weight excluding hydrogens is 274 g/mol. The van der Waals surface area contributed by atoms with Crippen LogP contribution in [0.1, 0.15) is 37.4 Å². The van der Waals surface area contributed by atoms with Crippen LogP contribution in [-0.4, -0.2) is 44.3 Å². The van der Waals surface area contributed by atoms with Crippen molar-refractivity contribution in [1.82, 2.24) is 4.90 Å². The third kappa shape index (κ3) is 4.30. The van der Waals surface area contributed by atoms with Crippen molar-refractivity contribution in [2.75, 3.05) is 25.9 Å². The first-order chi connectivity index (χ1) is 9.47. The highest BCUT2D eigenvalue weighted by atomic mass is 32.2. The summed E-state index contributed by atoms with van der Waals surface area (Å²) in [6, 6.07) is 6.54. The van der Waals surface area contributed by atoms with E-state index in [4.69, 9.17) is 0 Å². The van der Waals surface area contributed by atoms with Crippen molar-refractivity contribution in [3.63, 3.8) is 0 Å². The molecule has 1 saturated heterocycles. The van der Waals surface area contributed by atoms with Crippen molar-refractivity contribution < 1.29 is 13.5 Å². The van der Waals surface area contributed by atoms with Crippen molar-refractivity contribution in [3.8, 4) is 0 Å². The number of sulfone groups is 1. The van der Waals surface area contributed by atoms with Crippen LogP contribution in [0.25, 0.3) is 0 Å². The predicted molar refractivity (Wildman–Crippen MR) is 79.4 cm³/mol. The van der Waals surface area contributed by atoms with Crippen molar-refractivity contribution in [2.24, 2.45) is 0 Å². The lowest BCUT2D eigenvalue weighted by atomic mass is 10.1. The quantitative estimate of drug-likeness (QED) is 0.903. The van der Waals surface area contributed by atoms with Gasteiger partial charge in [-0.25, -0.2) is 8.42 Å². The third-order valence-corrected chi connectivity index (χ3v) is 4.99. The molecule has 0 amide bonds. The Hall–Kier alpha value is -0.910. The first kappa shape index (κ1) is 15.5. The van der Waals surface area contributed by atoms with E-state index in [0.717, 1.165) is 25.2 Å². The minimum Gasteiger partial charge on any atom is -0.388 e. The number of rotatable bonds is 5. The number of nitrogens with zero attached hydrogens (tertiary/aromatic N) is 1. The van der Waals surface area contributed by atoms with Crippen LogP contribution in [0, 0.1) is 0 Å². The summed E-state index contributed by atoms with van der Waals surface area (Å²) in [5.41, 5.74) is 0.786. The average molecular weight is 297 g/mol. The minimum absolute atomic E-state index is 0.296. The van der Waals surface area contributed by atoms with Crippen molar-refractivity contribution >= 4 is 9.84 Å². The lowest BCUT2D eigenvalue weighted by Crippen LogP contribution is -2.31. The number of benzene rings is 1. The Kier molecular flexibility index (Phi) is 5.18. The second-order valence-corrected chi connectivity index (χ2v) is 7.56. The molecule has 0 aliphatic carbocycles. The molecule has 1 heterocycles. The van der Waals surface area contributed by atoms with Crippen molar-refractivity contribution in [2.45, 2.75) is 36.7 Å². The molecule has 1 aromatic rings. The summed E-state index contributed by atoms with van der Waals surface area (Å²) in [5, 5.41) is 10.2. The van der Waals surface area contributed by atoms with Crippen LogP contribution in [-0.2, 0) is 9.84 Å². The zero-order chi connectivity index (χ0) is 14.6. The summed E-state index contributed by atoms with van der Waals surface area (Å²) in [5.74, 6) is 0. The molecule has 4 nitrogen and oxygen atoms in total. The van der Waals surface area contributed by atoms with Gasteiger partial charge < -0.3 is 10.0 Å². The predicted octanol–water partition coefficient (Wildman–Crippen LogP) is 2.00. The van der Waals surface area contributed by atoms with Gasteiger partial charge in [-0.3, -0.25) is 0 Å². The van der Waals surface area contributed by atoms with Crippen LogP contribution >= 0.6 is 0 Å². The smallest absolute Gasteiger partial charge is 0.175 e. The fraction of sp³-hybridized carbons (Fsp3) is 0.600. The molecule has 0 saturated carbocycles. The third-order valence-electron chi connectivity index (χ3n) is 3.86. The second kappa shape index (κ2) is 6.70. The fourth-order valence-corrected chi connectivity index (χ4v) is 3.22. The van der Waals surface area contributed by atoms with E-state index in [1.807, 2.05) is 0 Å². The molecule has 2 rings (SSSR count). The van der Waals surface area contributed by atoms with E-state index < -0.39 is 15.9 Å². The van der Waals surface area contributed by atoms with E-state index in [-0.39, 0.29) is 0 Å². The summed E-state index contributed by atoms with van der Waals surface area (Å²) in [6.45, 7) is 3.15. The molecule has 112 valence electrons. The Morgan fingerprint density at radius 2 is 1.75 bits per heavy atom. The number of aliphatic hydroxyl groups excluding tert-OH is 1. The Balaban J connectivity index is 1.90. The molecule has 1 unspecified atom stereocenters. The molecule has 1 aromatic carbocycles. The number of likely N-dealkylation sites (tertiary alicyclic amines) is 1. The molecule has 1 atom stereocenters. The molecule has 1 fully saturated rings. The first-order valence-electron chi connectivity index (χ1n) is 7.17. The first-order valence-corrected chi connectivity index (χ1v) is 9.06. The van der Waals surface area contributed by atoms with Crippen LogP contribution in [0.2, 0.25) is 0 Å². The molecule has 0 bridgehead atoms. The molecule has 20 heavy (non-hydrogen) atoms. The molecular formula is C15H23NO3S. The highest BCUT2D eigenvalue weighted by Gasteiger charge is 2.14. The summed E-state index contributed by atoms with van der Waals surface area (Å²) in [7, 11) is -3.16. The molecule has 5 heteroatoms. The van der Waals surface area contributed by atoms with E-state index in [1.165, 1.54) is 25.5 Å². The van der Waals surface area contributed by atoms with Crippen LogP contribution in [0.15, 0.2) is 29.2 Å². The zero-order valence-electron chi connectivity index (χ0n) is 12.0. The molecule has 1 aliphatic heterocycles. The zero-order valence-corrected chi connectivity index (χ0v) is 12.8. The van der Waals surface area contributed by atoms with E-state index >= 15 is 0 Å². The van der Waals surface area contributed by atoms with Crippen molar-refractivity contribution in [1.29, 1.82) is 0 Å². The fourth-order valence-electron chi connectivity index (χ4n) is 2.59. The van der Waals surface area contributed by atoms with Gasteiger partial charge >= 0.3 is 0 Å². The van der Waals surface area contributed by atoms with Gasteiger partial charge in [0.25, 0.3) is 0 Å². The van der Waals surface area contributed by atoms with E-state index in [1.54, 1.807) is 24.3 Å². The summed E-state index contributed by atoms with van der Waals surface area (Å²) in [4.78, 5) is 2.68. The maximum absolute atomic E-state index is 11.4. The number of piperidine rings is 1. The van der Waals surface area contributed by atoms with Crippen LogP contribution in [0.5, 0.6) is 0 Å². The van der Waals surface area contributed by atoms with E-state index in [9.17, 15) is 13.5 Å². The lowest BCUT2D eigenvalue weighted by molar-refractivity contribution is 0.134. The molecule has 0 spiro atoms. The van der Waals surface area contributed by atoms with Gasteiger partial charge in [-0.2, -0.15) is 0 Å². The van der Waals surface area contributed by atoms with Gasteiger partial charge in [0, 0.05) is 12.8 Å². The van der Waals surface area contributed by atoms with Gasteiger partial charge in [0.1, 0.15) is 0 Å². The Bertz CT molecular complexity index is 519. The SMILES string of the molecule is CS(=O)(=O)c1ccc(C(O)CCN2CCCCC2)cc1. The molecule has 1 aliphatic rings. The largest absolute Gasteiger partial charge is 0.388 e. The highest BCUT2D eigenvalue weighted by Crippen LogP contribution is 2.20. The van der Waals surface area contributed by atoms with Crippen molar-refractivity contribution in [3.05, 3.63) is 29.8 Å². The Morgan fingerprint density at radius 3 is 2.30 bits per heavy atom. The van der Waals surface area contributed by atoms with E-state index in [2.05, 4.69) is 4.90 Å². The van der Waals surface area contributed by atoms with Gasteiger partial charge in [0.15, 0.2) is 9.84 Å². The number of hydrogen-bond acceptors (Lipinski definition) is 4. The summed E-state index contributed by atoms with van der Waals surface area (Å²) >= 11 is 0. The van der Waals surface area contributed by atoms with Crippen LogP contribution < -0.4 is 0 Å². The lowest BCUT2D eigenvalue weighted by Gasteiger charge is -2.27. The van der Waals surface area contributed by atoms with Gasteiger partial charge in [-0.05, 0) is 50.0 Å². The molecule has 0 radical (unpaired) electrons. The number of hydrogen-bond donors (Lipinski definition) is 1.